The Kier molecular flexibility index (Phi) is 5.55. The lowest BCUT2D eigenvalue weighted by Crippen LogP contribution is -2.34. The van der Waals surface area contributed by atoms with E-state index >= 15 is 0 Å². The molecule has 112 valence electrons. The van der Waals surface area contributed by atoms with E-state index in [-0.39, 0.29) is 18.0 Å². The van der Waals surface area contributed by atoms with E-state index in [1.165, 1.54) is 6.92 Å². The minimum atomic E-state index is -0.776. The van der Waals surface area contributed by atoms with Crippen molar-refractivity contribution in [3.63, 3.8) is 0 Å². The Morgan fingerprint density at radius 2 is 2.00 bits per heavy atom. The fourth-order valence-corrected chi connectivity index (χ4v) is 1.48. The molecule has 0 aromatic heterocycles. The van der Waals surface area contributed by atoms with Crippen molar-refractivity contribution in [3.05, 3.63) is 38.4 Å². The number of carbonyl (C=O) groups excluding carboxylic acids is 1. The number of non-ortho nitro benzene ring substituents is 1. The topological polar surface area (TPSA) is 140 Å². The molecule has 0 amide bonds. The molecule has 21 heavy (non-hydrogen) atoms. The van der Waals surface area contributed by atoms with Crippen molar-refractivity contribution in [2.24, 2.45) is 10.2 Å². The average Bonchev–Trinajstić information content (AvgIpc) is 2.42. The predicted octanol–water partition coefficient (Wildman–Crippen LogP) is 1.76. The minimum absolute atomic E-state index is 0.0139. The number of azo groups is 1. The van der Waals surface area contributed by atoms with Gasteiger partial charge in [0, 0.05) is 6.07 Å². The number of benzene rings is 1. The van der Waals surface area contributed by atoms with Gasteiger partial charge in [0.1, 0.15) is 5.78 Å². The number of nitrogens with zero attached hydrogens (tertiary/aromatic N) is 4. The number of hydrogen-bond donors (Lipinski definition) is 1. The molecule has 0 aliphatic carbocycles. The van der Waals surface area contributed by atoms with Crippen molar-refractivity contribution in [1.29, 1.82) is 0 Å². The molecular weight excluding hydrogens is 282 g/mol. The Morgan fingerprint density at radius 1 is 1.33 bits per heavy atom. The summed E-state index contributed by atoms with van der Waals surface area (Å²) >= 11 is 0. The van der Waals surface area contributed by atoms with Crippen molar-refractivity contribution in [2.75, 3.05) is 13.6 Å². The van der Waals surface area contributed by atoms with Crippen LogP contribution in [-0.2, 0) is 4.79 Å². The number of hydrogen-bond acceptors (Lipinski definition) is 8. The Morgan fingerprint density at radius 3 is 2.48 bits per heavy atom. The molecule has 0 unspecified atom stereocenters. The Bertz CT molecular complexity index is 601. The summed E-state index contributed by atoms with van der Waals surface area (Å²) in [7, 11) is 1.58. The molecular formula is C11H13N5O5. The van der Waals surface area contributed by atoms with Gasteiger partial charge in [0.25, 0.3) is 5.69 Å². The second-order valence-electron chi connectivity index (χ2n) is 4.06. The lowest BCUT2D eigenvalue weighted by atomic mass is 10.2. The van der Waals surface area contributed by atoms with E-state index in [1.54, 1.807) is 7.05 Å². The zero-order valence-corrected chi connectivity index (χ0v) is 11.3. The first-order valence-electron chi connectivity index (χ1n) is 5.85. The molecule has 0 radical (unpaired) electrons. The molecule has 0 aliphatic heterocycles. The van der Waals surface area contributed by atoms with E-state index in [0.29, 0.717) is 0 Å². The fraction of sp³-hybridized carbons (Fsp3) is 0.364. The fourth-order valence-electron chi connectivity index (χ4n) is 1.48. The van der Waals surface area contributed by atoms with Crippen molar-refractivity contribution in [1.82, 2.24) is 5.32 Å². The van der Waals surface area contributed by atoms with Crippen LogP contribution < -0.4 is 5.32 Å². The smallest absolute Gasteiger partial charge is 0.303 e. The number of ketones is 1. The van der Waals surface area contributed by atoms with Crippen LogP contribution in [0.5, 0.6) is 0 Å². The molecule has 0 fully saturated rings. The Labute approximate surface area is 119 Å². The lowest BCUT2D eigenvalue weighted by Gasteiger charge is -2.07. The van der Waals surface area contributed by atoms with Crippen molar-refractivity contribution >= 4 is 22.8 Å². The van der Waals surface area contributed by atoms with Crippen LogP contribution in [-0.4, -0.2) is 35.3 Å². The predicted molar refractivity (Wildman–Crippen MR) is 72.7 cm³/mol. The molecule has 0 heterocycles. The highest BCUT2D eigenvalue weighted by Crippen LogP contribution is 2.31. The standard InChI is InChI=1S/C11H13N5O5/c1-7(17)10(12-2)6-13-14-9-4-3-8(15(18)19)5-11(9)16(20)21/h3-5,10,12H,6H2,1-2H3/t10-/m1/s1. The molecule has 1 rings (SSSR count). The van der Waals surface area contributed by atoms with Gasteiger partial charge in [-0.15, -0.1) is 5.11 Å². The van der Waals surface area contributed by atoms with Crippen LogP contribution in [0.15, 0.2) is 28.4 Å². The first-order chi connectivity index (χ1) is 9.86. The first kappa shape index (κ1) is 16.3. The number of likely N-dealkylation sites (N-methyl/N-ethyl adjacent to an activating group) is 1. The highest BCUT2D eigenvalue weighted by Gasteiger charge is 2.19. The third-order valence-corrected chi connectivity index (χ3v) is 2.65. The number of nitro benzene ring substituents is 2. The van der Waals surface area contributed by atoms with Crippen molar-refractivity contribution in [3.8, 4) is 0 Å². The molecule has 10 nitrogen and oxygen atoms in total. The van der Waals surface area contributed by atoms with Gasteiger partial charge in [-0.2, -0.15) is 5.11 Å². The van der Waals surface area contributed by atoms with Crippen LogP contribution in [0.4, 0.5) is 17.1 Å². The van der Waals surface area contributed by atoms with E-state index < -0.39 is 27.3 Å². The lowest BCUT2D eigenvalue weighted by molar-refractivity contribution is -0.393. The molecule has 0 aliphatic rings. The van der Waals surface area contributed by atoms with Gasteiger partial charge in [-0.1, -0.05) is 0 Å². The summed E-state index contributed by atoms with van der Waals surface area (Å²) in [5.74, 6) is -0.144. The Balaban J connectivity index is 3.00. The van der Waals surface area contributed by atoms with Crippen LogP contribution >= 0.6 is 0 Å². The molecule has 0 bridgehead atoms. The zero-order chi connectivity index (χ0) is 16.0. The molecule has 0 spiro atoms. The second-order valence-corrected chi connectivity index (χ2v) is 4.06. The number of nitro groups is 2. The van der Waals surface area contributed by atoms with Gasteiger partial charge in [0.2, 0.25) is 0 Å². The highest BCUT2D eigenvalue weighted by atomic mass is 16.6. The van der Waals surface area contributed by atoms with Crippen LogP contribution in [0.25, 0.3) is 0 Å². The number of Topliss-reactive ketones (excluding diaryl/α,β-unsaturated/α-hetero) is 1. The van der Waals surface area contributed by atoms with Gasteiger partial charge in [0.15, 0.2) is 5.69 Å². The van der Waals surface area contributed by atoms with E-state index in [4.69, 9.17) is 0 Å². The van der Waals surface area contributed by atoms with E-state index in [9.17, 15) is 25.0 Å². The van der Waals surface area contributed by atoms with Gasteiger partial charge in [-0.25, -0.2) is 0 Å². The van der Waals surface area contributed by atoms with Crippen LogP contribution in [0.3, 0.4) is 0 Å². The molecule has 1 aromatic carbocycles. The third kappa shape index (κ3) is 4.38. The summed E-state index contributed by atoms with van der Waals surface area (Å²) in [4.78, 5) is 31.1. The first-order valence-corrected chi connectivity index (χ1v) is 5.85. The molecule has 0 saturated carbocycles. The largest absolute Gasteiger partial charge is 0.309 e. The maximum atomic E-state index is 11.2. The van der Waals surface area contributed by atoms with Crippen molar-refractivity contribution in [2.45, 2.75) is 13.0 Å². The molecule has 0 saturated heterocycles. The Hall–Kier alpha value is -2.75. The summed E-state index contributed by atoms with van der Waals surface area (Å²) in [5, 5.41) is 31.6. The maximum absolute atomic E-state index is 11.2. The average molecular weight is 295 g/mol. The third-order valence-electron chi connectivity index (χ3n) is 2.65. The van der Waals surface area contributed by atoms with E-state index in [0.717, 1.165) is 18.2 Å². The minimum Gasteiger partial charge on any atom is -0.309 e. The van der Waals surface area contributed by atoms with Crippen LogP contribution in [0.1, 0.15) is 6.92 Å². The van der Waals surface area contributed by atoms with Crippen molar-refractivity contribution < 1.29 is 14.6 Å². The van der Waals surface area contributed by atoms with Gasteiger partial charge in [-0.05, 0) is 20.0 Å². The van der Waals surface area contributed by atoms with Crippen LogP contribution in [0.2, 0.25) is 0 Å². The van der Waals surface area contributed by atoms with Gasteiger partial charge in [0.05, 0.1) is 28.5 Å². The van der Waals surface area contributed by atoms with E-state index in [1.807, 2.05) is 0 Å². The monoisotopic (exact) mass is 295 g/mol. The van der Waals surface area contributed by atoms with Gasteiger partial charge >= 0.3 is 5.69 Å². The SMILES string of the molecule is CN[C@H](CN=Nc1ccc([N+](=O)[O-])cc1[N+](=O)[O-])C(C)=O. The van der Waals surface area contributed by atoms with Gasteiger partial charge in [-0.3, -0.25) is 25.0 Å². The summed E-state index contributed by atoms with van der Waals surface area (Å²) < 4.78 is 0. The molecule has 1 aromatic rings. The molecule has 10 heteroatoms. The van der Waals surface area contributed by atoms with Crippen LogP contribution in [0, 0.1) is 20.2 Å². The molecule has 1 N–H and O–H groups in total. The normalized spacial score (nSPS) is 12.3. The van der Waals surface area contributed by atoms with Gasteiger partial charge < -0.3 is 5.32 Å². The number of rotatable bonds is 7. The number of nitrogens with one attached hydrogen (secondary N) is 1. The van der Waals surface area contributed by atoms with E-state index in [2.05, 4.69) is 15.5 Å². The number of carbonyl (C=O) groups is 1. The summed E-state index contributed by atoms with van der Waals surface area (Å²) in [6.45, 7) is 1.39. The summed E-state index contributed by atoms with van der Waals surface area (Å²) in [5.41, 5.74) is -1.03. The second kappa shape index (κ2) is 7.14. The molecule has 1 atom stereocenters. The maximum Gasteiger partial charge on any atom is 0.303 e. The summed E-state index contributed by atoms with van der Waals surface area (Å²) in [6.07, 6.45) is 0. The highest BCUT2D eigenvalue weighted by molar-refractivity contribution is 5.81. The quantitative estimate of drug-likeness (QED) is 0.461. The zero-order valence-electron chi connectivity index (χ0n) is 11.3. The summed E-state index contributed by atoms with van der Waals surface area (Å²) in [6, 6.07) is 2.52.